The summed E-state index contributed by atoms with van der Waals surface area (Å²) in [6, 6.07) is 31.5. The highest BCUT2D eigenvalue weighted by Crippen LogP contribution is 2.27. The van der Waals surface area contributed by atoms with Crippen LogP contribution in [0.5, 0.6) is 0 Å². The van der Waals surface area contributed by atoms with E-state index in [1.807, 2.05) is 24.2 Å². The molecule has 1 aliphatic heterocycles. The van der Waals surface area contributed by atoms with Gasteiger partial charge in [-0.3, -0.25) is 0 Å². The lowest BCUT2D eigenvalue weighted by atomic mass is 9.95. The molecule has 0 fully saturated rings. The predicted molar refractivity (Wildman–Crippen MR) is 107 cm³/mol. The van der Waals surface area contributed by atoms with Gasteiger partial charge < -0.3 is 12.4 Å². The number of benzene rings is 3. The van der Waals surface area contributed by atoms with Crippen molar-refractivity contribution in [2.24, 2.45) is 5.10 Å². The molecule has 1 aliphatic rings. The molecule has 0 aromatic heterocycles. The largest absolute Gasteiger partial charge is 1.00 e. The number of likely N-dealkylation sites (N-methyl/N-ethyl adjacent to an activating group) is 1. The molecule has 3 nitrogen and oxygen atoms in total. The highest BCUT2D eigenvalue weighted by molar-refractivity contribution is 6.07. The van der Waals surface area contributed by atoms with Crippen molar-refractivity contribution in [1.29, 1.82) is 0 Å². The highest BCUT2D eigenvalue weighted by atomic mass is 35.5. The molecule has 0 amide bonds. The van der Waals surface area contributed by atoms with E-state index in [9.17, 15) is 0 Å². The first kappa shape index (κ1) is 18.9. The Balaban J connectivity index is 0.00000210. The topological polar surface area (TPSA) is 18.6 Å². The molecule has 0 spiro atoms. The molecule has 0 N–H and O–H groups in total. The number of nitrogens with zero attached hydrogens (tertiary/aromatic N) is 3. The van der Waals surface area contributed by atoms with Crippen molar-refractivity contribution in [3.8, 4) is 0 Å². The smallest absolute Gasteiger partial charge is 0.304 e. The lowest BCUT2D eigenvalue weighted by Crippen LogP contribution is -3.00. The first-order valence-electron chi connectivity index (χ1n) is 8.83. The van der Waals surface area contributed by atoms with E-state index in [4.69, 9.17) is 5.10 Å². The number of rotatable bonds is 3. The summed E-state index contributed by atoms with van der Waals surface area (Å²) >= 11 is 0. The Bertz CT molecular complexity index is 951. The van der Waals surface area contributed by atoms with Crippen molar-refractivity contribution in [1.82, 2.24) is 5.01 Å². The zero-order chi connectivity index (χ0) is 17.9. The second-order valence-corrected chi connectivity index (χ2v) is 6.49. The molecule has 3 aromatic carbocycles. The summed E-state index contributed by atoms with van der Waals surface area (Å²) in [4.78, 5) is 0. The molecule has 1 heterocycles. The van der Waals surface area contributed by atoms with Crippen molar-refractivity contribution in [3.63, 3.8) is 0 Å². The Kier molecular flexibility index (Phi) is 5.72. The maximum atomic E-state index is 4.99. The van der Waals surface area contributed by atoms with Crippen LogP contribution < -0.4 is 12.4 Å². The van der Waals surface area contributed by atoms with Gasteiger partial charge in [-0.2, -0.15) is 0 Å². The molecule has 136 valence electrons. The van der Waals surface area contributed by atoms with Crippen LogP contribution in [0.4, 0.5) is 0 Å². The molecule has 0 aliphatic carbocycles. The summed E-state index contributed by atoms with van der Waals surface area (Å²) in [6.07, 6.45) is 0. The van der Waals surface area contributed by atoms with Crippen LogP contribution in [-0.2, 0) is 0 Å². The van der Waals surface area contributed by atoms with Crippen LogP contribution in [0.25, 0.3) is 0 Å². The van der Waals surface area contributed by atoms with E-state index in [0.717, 1.165) is 22.7 Å². The van der Waals surface area contributed by atoms with Gasteiger partial charge in [0.1, 0.15) is 12.8 Å². The van der Waals surface area contributed by atoms with Crippen LogP contribution in [0.3, 0.4) is 0 Å². The van der Waals surface area contributed by atoms with Crippen LogP contribution >= 0.6 is 0 Å². The van der Waals surface area contributed by atoms with Crippen molar-refractivity contribution in [2.45, 2.75) is 6.04 Å². The average molecular weight is 376 g/mol. The third-order valence-electron chi connectivity index (χ3n) is 4.76. The first-order chi connectivity index (χ1) is 12.8. The van der Waals surface area contributed by atoms with Crippen molar-refractivity contribution < 1.29 is 17.0 Å². The molecule has 3 aromatic rings. The molecule has 1 atom stereocenters. The van der Waals surface area contributed by atoms with E-state index >= 15 is 0 Å². The lowest BCUT2D eigenvalue weighted by molar-refractivity contribution is -0.531. The number of amidine groups is 1. The van der Waals surface area contributed by atoms with Crippen molar-refractivity contribution in [2.75, 3.05) is 14.1 Å². The minimum Gasteiger partial charge on any atom is -1.00 e. The van der Waals surface area contributed by atoms with Gasteiger partial charge in [0.25, 0.3) is 0 Å². The van der Waals surface area contributed by atoms with E-state index in [0.29, 0.717) is 0 Å². The predicted octanol–water partition coefficient (Wildman–Crippen LogP) is 1.17. The molecule has 4 heteroatoms. The zero-order valence-corrected chi connectivity index (χ0v) is 16.2. The van der Waals surface area contributed by atoms with Crippen LogP contribution in [0.2, 0.25) is 0 Å². The summed E-state index contributed by atoms with van der Waals surface area (Å²) in [5, 5.41) is 6.97. The van der Waals surface area contributed by atoms with Gasteiger partial charge in [-0.25, -0.2) is 4.58 Å². The quantitative estimate of drug-likeness (QED) is 0.629. The third kappa shape index (κ3) is 3.64. The van der Waals surface area contributed by atoms with Crippen LogP contribution in [0.1, 0.15) is 22.7 Å². The monoisotopic (exact) mass is 375 g/mol. The Morgan fingerprint density at radius 2 is 1.22 bits per heavy atom. The SMILES string of the molecule is CN1N=C(c2ccccc2)C(c2ccccc2)[N+](C)=C1c1ccccc1.[Cl-]. The number of halogens is 1. The third-order valence-corrected chi connectivity index (χ3v) is 4.76. The molecule has 0 saturated heterocycles. The Morgan fingerprint density at radius 1 is 0.741 bits per heavy atom. The maximum absolute atomic E-state index is 4.99. The van der Waals surface area contributed by atoms with Gasteiger partial charge in [-0.1, -0.05) is 84.0 Å². The van der Waals surface area contributed by atoms with Crippen molar-refractivity contribution in [3.05, 3.63) is 108 Å². The summed E-state index contributed by atoms with van der Waals surface area (Å²) in [5.41, 5.74) is 4.60. The maximum Gasteiger partial charge on any atom is 0.304 e. The summed E-state index contributed by atoms with van der Waals surface area (Å²) in [7, 11) is 4.16. The molecule has 4 rings (SSSR count). The van der Waals surface area contributed by atoms with E-state index in [-0.39, 0.29) is 18.4 Å². The van der Waals surface area contributed by atoms with E-state index in [1.54, 1.807) is 0 Å². The standard InChI is InChI=1S/C23H22N3.ClH/c1-25-22(19-14-8-4-9-15-19)21(18-12-6-3-7-13-18)24-26(2)23(25)20-16-10-5-11-17-20;/h3-17,22H,1-2H3;1H/q+1;/p-1. The van der Waals surface area contributed by atoms with Gasteiger partial charge in [-0.05, 0) is 12.1 Å². The molecule has 0 radical (unpaired) electrons. The van der Waals surface area contributed by atoms with Gasteiger partial charge in [0.05, 0.1) is 12.6 Å². The Labute approximate surface area is 166 Å². The van der Waals surface area contributed by atoms with E-state index < -0.39 is 0 Å². The van der Waals surface area contributed by atoms with E-state index in [1.165, 1.54) is 5.56 Å². The molecular weight excluding hydrogens is 354 g/mol. The second-order valence-electron chi connectivity index (χ2n) is 6.49. The molecule has 0 saturated carbocycles. The molecular formula is C23H22ClN3. The minimum atomic E-state index is 0. The van der Waals surface area contributed by atoms with Crippen LogP contribution in [-0.4, -0.2) is 35.2 Å². The number of hydrazone groups is 1. The highest BCUT2D eigenvalue weighted by Gasteiger charge is 2.36. The van der Waals surface area contributed by atoms with E-state index in [2.05, 4.69) is 90.5 Å². The van der Waals surface area contributed by atoms with Gasteiger partial charge >= 0.3 is 5.84 Å². The average Bonchev–Trinajstić information content (AvgIpc) is 2.70. The summed E-state index contributed by atoms with van der Waals surface area (Å²) < 4.78 is 2.32. The van der Waals surface area contributed by atoms with Gasteiger partial charge in [0.2, 0.25) is 0 Å². The fourth-order valence-electron chi connectivity index (χ4n) is 3.62. The van der Waals surface area contributed by atoms with Crippen LogP contribution in [0.15, 0.2) is 96.1 Å². The first-order valence-corrected chi connectivity index (χ1v) is 8.83. The van der Waals surface area contributed by atoms with Crippen LogP contribution in [0, 0.1) is 0 Å². The summed E-state index contributed by atoms with van der Waals surface area (Å²) in [6.45, 7) is 0. The minimum absolute atomic E-state index is 0. The van der Waals surface area contributed by atoms with Gasteiger partial charge in [0.15, 0.2) is 6.04 Å². The normalized spacial score (nSPS) is 16.6. The molecule has 0 bridgehead atoms. The zero-order valence-electron chi connectivity index (χ0n) is 15.5. The number of hydrogen-bond donors (Lipinski definition) is 0. The number of hydrogen-bond acceptors (Lipinski definition) is 2. The summed E-state index contributed by atoms with van der Waals surface area (Å²) in [5.74, 6) is 1.10. The van der Waals surface area contributed by atoms with Crippen molar-refractivity contribution >= 4 is 11.5 Å². The lowest BCUT2D eigenvalue weighted by Gasteiger charge is -2.27. The fraction of sp³-hybridized carbons (Fsp3) is 0.130. The van der Waals surface area contributed by atoms with Gasteiger partial charge in [0, 0.05) is 11.1 Å². The fourth-order valence-corrected chi connectivity index (χ4v) is 3.62. The molecule has 1 unspecified atom stereocenters. The van der Waals surface area contributed by atoms with Gasteiger partial charge in [-0.15, -0.1) is 5.01 Å². The Morgan fingerprint density at radius 3 is 1.78 bits per heavy atom. The Hall–Kier alpha value is -2.91. The second kappa shape index (κ2) is 8.19. The molecule has 27 heavy (non-hydrogen) atoms.